The van der Waals surface area contributed by atoms with Gasteiger partial charge in [0.15, 0.2) is 14.9 Å². The average Bonchev–Trinajstić information content (AvgIpc) is 2.44. The molecule has 0 saturated carbocycles. The molecule has 1 aromatic rings. The summed E-state index contributed by atoms with van der Waals surface area (Å²) in [6.07, 6.45) is 4.45. The minimum atomic E-state index is -3.41. The summed E-state index contributed by atoms with van der Waals surface area (Å²) < 4.78 is 23.7. The predicted octanol–water partition coefficient (Wildman–Crippen LogP) is 2.86. The summed E-state index contributed by atoms with van der Waals surface area (Å²) in [4.78, 5) is 4.09. The maximum Gasteiger partial charge on any atom is 0.200 e. The van der Waals surface area contributed by atoms with Gasteiger partial charge in [-0.2, -0.15) is 0 Å². The van der Waals surface area contributed by atoms with Gasteiger partial charge in [-0.3, -0.25) is 0 Å². The van der Waals surface area contributed by atoms with Crippen molar-refractivity contribution in [2.75, 3.05) is 18.5 Å². The standard InChI is InChI=1S/C16H28N2O3S/c1-5-6-13(9-10-19)11-17-14-7-8-15(18-12-14)22(20,21)16(2,3)4/h7-8,12-13,17,19H,5-6,9-11H2,1-4H3. The Morgan fingerprint density at radius 1 is 1.27 bits per heavy atom. The first-order valence-corrected chi connectivity index (χ1v) is 9.26. The van der Waals surface area contributed by atoms with Crippen LogP contribution in [0, 0.1) is 5.92 Å². The molecular formula is C16H28N2O3S. The summed E-state index contributed by atoms with van der Waals surface area (Å²) in [5.74, 6) is 0.410. The molecule has 0 saturated heterocycles. The number of hydrogen-bond acceptors (Lipinski definition) is 5. The monoisotopic (exact) mass is 328 g/mol. The number of pyridine rings is 1. The number of aliphatic hydroxyl groups excluding tert-OH is 1. The highest BCUT2D eigenvalue weighted by atomic mass is 32.2. The molecule has 0 amide bonds. The van der Waals surface area contributed by atoms with Crippen molar-refractivity contribution < 1.29 is 13.5 Å². The van der Waals surface area contributed by atoms with E-state index >= 15 is 0 Å². The van der Waals surface area contributed by atoms with Gasteiger partial charge < -0.3 is 10.4 Å². The zero-order valence-corrected chi connectivity index (χ0v) is 14.8. The van der Waals surface area contributed by atoms with E-state index in [4.69, 9.17) is 5.11 Å². The van der Waals surface area contributed by atoms with Crippen molar-refractivity contribution >= 4 is 15.5 Å². The lowest BCUT2D eigenvalue weighted by Crippen LogP contribution is -2.28. The molecule has 0 aliphatic heterocycles. The Morgan fingerprint density at radius 2 is 1.95 bits per heavy atom. The van der Waals surface area contributed by atoms with Gasteiger partial charge in [0.25, 0.3) is 0 Å². The minimum Gasteiger partial charge on any atom is -0.396 e. The lowest BCUT2D eigenvalue weighted by atomic mass is 10.0. The molecular weight excluding hydrogens is 300 g/mol. The van der Waals surface area contributed by atoms with Gasteiger partial charge >= 0.3 is 0 Å². The third-order valence-corrected chi connectivity index (χ3v) is 6.05. The maximum absolute atomic E-state index is 12.3. The molecule has 6 heteroatoms. The van der Waals surface area contributed by atoms with Crippen LogP contribution in [0.4, 0.5) is 5.69 Å². The average molecular weight is 328 g/mol. The van der Waals surface area contributed by atoms with Crippen LogP contribution in [0.1, 0.15) is 47.0 Å². The van der Waals surface area contributed by atoms with Gasteiger partial charge in [0.2, 0.25) is 0 Å². The van der Waals surface area contributed by atoms with Crippen LogP contribution in [0.5, 0.6) is 0 Å². The second kappa shape index (κ2) is 7.92. The molecule has 0 spiro atoms. The first kappa shape index (κ1) is 18.9. The SMILES string of the molecule is CCCC(CCO)CNc1ccc(S(=O)(=O)C(C)(C)C)nc1. The lowest BCUT2D eigenvalue weighted by Gasteiger charge is -2.19. The number of anilines is 1. The fourth-order valence-electron chi connectivity index (χ4n) is 2.16. The highest BCUT2D eigenvalue weighted by Crippen LogP contribution is 2.24. The summed E-state index contributed by atoms with van der Waals surface area (Å²) >= 11 is 0. The normalized spacial score (nSPS) is 13.9. The van der Waals surface area contributed by atoms with Crippen molar-refractivity contribution in [2.45, 2.75) is 56.7 Å². The Labute approximate surface area is 134 Å². The van der Waals surface area contributed by atoms with E-state index in [1.54, 1.807) is 39.1 Å². The zero-order valence-electron chi connectivity index (χ0n) is 14.0. The van der Waals surface area contributed by atoms with E-state index in [1.165, 1.54) is 0 Å². The van der Waals surface area contributed by atoms with Gasteiger partial charge in [0, 0.05) is 13.2 Å². The van der Waals surface area contributed by atoms with E-state index in [0.717, 1.165) is 31.5 Å². The van der Waals surface area contributed by atoms with E-state index in [0.29, 0.717) is 5.92 Å². The number of nitrogens with zero attached hydrogens (tertiary/aromatic N) is 1. The first-order chi connectivity index (χ1) is 10.2. The smallest absolute Gasteiger partial charge is 0.200 e. The number of nitrogens with one attached hydrogen (secondary N) is 1. The molecule has 0 aliphatic rings. The summed E-state index contributed by atoms with van der Waals surface area (Å²) in [5.41, 5.74) is 0.798. The van der Waals surface area contributed by atoms with Crippen LogP contribution >= 0.6 is 0 Å². The van der Waals surface area contributed by atoms with Crippen molar-refractivity contribution in [2.24, 2.45) is 5.92 Å². The largest absolute Gasteiger partial charge is 0.396 e. The van der Waals surface area contributed by atoms with Gasteiger partial charge in [-0.05, 0) is 51.7 Å². The van der Waals surface area contributed by atoms with Crippen molar-refractivity contribution in [3.8, 4) is 0 Å². The molecule has 1 rings (SSSR count). The maximum atomic E-state index is 12.3. The molecule has 2 N–H and O–H groups in total. The molecule has 22 heavy (non-hydrogen) atoms. The third-order valence-electron chi connectivity index (χ3n) is 3.65. The second-order valence-corrected chi connectivity index (χ2v) is 9.20. The Kier molecular flexibility index (Phi) is 6.81. The summed E-state index contributed by atoms with van der Waals surface area (Å²) in [6, 6.07) is 3.29. The van der Waals surface area contributed by atoms with E-state index in [2.05, 4.69) is 17.2 Å². The van der Waals surface area contributed by atoms with Crippen LogP contribution in [0.15, 0.2) is 23.4 Å². The van der Waals surface area contributed by atoms with Crippen LogP contribution < -0.4 is 5.32 Å². The van der Waals surface area contributed by atoms with E-state index in [-0.39, 0.29) is 11.6 Å². The molecule has 5 nitrogen and oxygen atoms in total. The highest BCUT2D eigenvalue weighted by Gasteiger charge is 2.31. The van der Waals surface area contributed by atoms with Crippen molar-refractivity contribution in [1.29, 1.82) is 0 Å². The molecule has 0 bridgehead atoms. The number of aliphatic hydroxyl groups is 1. The molecule has 126 valence electrons. The molecule has 1 aromatic heterocycles. The summed E-state index contributed by atoms with van der Waals surface area (Å²) in [5, 5.41) is 12.4. The van der Waals surface area contributed by atoms with Crippen LogP contribution in [0.2, 0.25) is 0 Å². The van der Waals surface area contributed by atoms with Gasteiger partial charge in [0.1, 0.15) is 0 Å². The summed E-state index contributed by atoms with van der Waals surface area (Å²) in [7, 11) is -3.41. The van der Waals surface area contributed by atoms with E-state index in [1.807, 2.05) is 0 Å². The predicted molar refractivity (Wildman–Crippen MR) is 89.8 cm³/mol. The number of hydrogen-bond donors (Lipinski definition) is 2. The van der Waals surface area contributed by atoms with E-state index in [9.17, 15) is 8.42 Å². The molecule has 0 radical (unpaired) electrons. The Hall–Kier alpha value is -1.14. The lowest BCUT2D eigenvalue weighted by molar-refractivity contribution is 0.255. The number of rotatable bonds is 8. The van der Waals surface area contributed by atoms with Crippen molar-refractivity contribution in [3.63, 3.8) is 0 Å². The quantitative estimate of drug-likeness (QED) is 0.767. The number of aromatic nitrogens is 1. The van der Waals surface area contributed by atoms with Gasteiger partial charge in [-0.15, -0.1) is 0 Å². The van der Waals surface area contributed by atoms with E-state index < -0.39 is 14.6 Å². The fourth-order valence-corrected chi connectivity index (χ4v) is 3.23. The highest BCUT2D eigenvalue weighted by molar-refractivity contribution is 7.92. The van der Waals surface area contributed by atoms with Gasteiger partial charge in [-0.25, -0.2) is 13.4 Å². The Bertz CT molecular complexity index is 542. The molecule has 0 aliphatic carbocycles. The molecule has 0 fully saturated rings. The topological polar surface area (TPSA) is 79.3 Å². The molecule has 1 heterocycles. The molecule has 1 unspecified atom stereocenters. The van der Waals surface area contributed by atoms with Crippen molar-refractivity contribution in [3.05, 3.63) is 18.3 Å². The molecule has 1 atom stereocenters. The fraction of sp³-hybridized carbons (Fsp3) is 0.688. The van der Waals surface area contributed by atoms with Gasteiger partial charge in [-0.1, -0.05) is 13.3 Å². The Balaban J connectivity index is 2.74. The van der Waals surface area contributed by atoms with Crippen LogP contribution in [0.25, 0.3) is 0 Å². The second-order valence-electron chi connectivity index (χ2n) is 6.55. The minimum absolute atomic E-state index is 0.103. The van der Waals surface area contributed by atoms with Crippen LogP contribution in [-0.2, 0) is 9.84 Å². The zero-order chi connectivity index (χ0) is 16.8. The Morgan fingerprint density at radius 3 is 2.41 bits per heavy atom. The summed E-state index contributed by atoms with van der Waals surface area (Å²) in [6.45, 7) is 8.06. The van der Waals surface area contributed by atoms with Crippen molar-refractivity contribution in [1.82, 2.24) is 4.98 Å². The van der Waals surface area contributed by atoms with Gasteiger partial charge in [0.05, 0.1) is 16.6 Å². The molecule has 0 aromatic carbocycles. The first-order valence-electron chi connectivity index (χ1n) is 7.77. The third kappa shape index (κ3) is 4.95. The van der Waals surface area contributed by atoms with Crippen LogP contribution in [-0.4, -0.2) is 36.4 Å². The van der Waals surface area contributed by atoms with Crippen LogP contribution in [0.3, 0.4) is 0 Å². The number of sulfone groups is 1.